The Morgan fingerprint density at radius 1 is 1.30 bits per heavy atom. The fourth-order valence-corrected chi connectivity index (χ4v) is 4.54. The van der Waals surface area contributed by atoms with Crippen LogP contribution in [0.25, 0.3) is 0 Å². The van der Waals surface area contributed by atoms with Crippen molar-refractivity contribution in [3.05, 3.63) is 24.3 Å². The molecule has 2 heterocycles. The number of rotatable bonds is 4. The van der Waals surface area contributed by atoms with E-state index in [9.17, 15) is 9.59 Å². The number of thioether (sulfide) groups is 1. The van der Waals surface area contributed by atoms with Gasteiger partial charge in [0.2, 0.25) is 16.9 Å². The Hall–Kier alpha value is -2.13. The summed E-state index contributed by atoms with van der Waals surface area (Å²) in [7, 11) is 0. The molecule has 0 saturated carbocycles. The Bertz CT molecular complexity index is 873. The average Bonchev–Trinajstić information content (AvgIpc) is 2.99. The van der Waals surface area contributed by atoms with Crippen molar-refractivity contribution in [2.45, 2.75) is 50.0 Å². The smallest absolute Gasteiger partial charge is 0.250 e. The summed E-state index contributed by atoms with van der Waals surface area (Å²) in [6.45, 7) is 9.64. The zero-order valence-electron chi connectivity index (χ0n) is 16.0. The van der Waals surface area contributed by atoms with Gasteiger partial charge in [-0.15, -0.1) is 10.2 Å². The highest BCUT2D eigenvalue weighted by atomic mass is 32.2. The Kier molecular flexibility index (Phi) is 5.18. The highest BCUT2D eigenvalue weighted by Gasteiger charge is 2.43. The molecular formula is C18H23N5O2S2. The van der Waals surface area contributed by atoms with Gasteiger partial charge in [-0.25, -0.2) is 0 Å². The van der Waals surface area contributed by atoms with Crippen LogP contribution in [0.3, 0.4) is 0 Å². The Labute approximate surface area is 166 Å². The fourth-order valence-electron chi connectivity index (χ4n) is 2.73. The highest BCUT2D eigenvalue weighted by molar-refractivity contribution is 8.01. The van der Waals surface area contributed by atoms with Crippen molar-refractivity contribution in [3.8, 4) is 0 Å². The summed E-state index contributed by atoms with van der Waals surface area (Å²) in [4.78, 5) is 27.0. The van der Waals surface area contributed by atoms with Crippen LogP contribution >= 0.6 is 23.1 Å². The summed E-state index contributed by atoms with van der Waals surface area (Å²) >= 11 is 2.74. The molecule has 1 aliphatic heterocycles. The van der Waals surface area contributed by atoms with Gasteiger partial charge in [-0.2, -0.15) is 0 Å². The molecule has 144 valence electrons. The molecule has 27 heavy (non-hydrogen) atoms. The maximum atomic E-state index is 13.0. The van der Waals surface area contributed by atoms with E-state index >= 15 is 0 Å². The molecule has 0 saturated heterocycles. The summed E-state index contributed by atoms with van der Waals surface area (Å²) in [6, 6.07) is 7.33. The lowest BCUT2D eigenvalue weighted by Crippen LogP contribution is -2.58. The Morgan fingerprint density at radius 2 is 2.00 bits per heavy atom. The van der Waals surface area contributed by atoms with E-state index in [0.717, 1.165) is 5.13 Å². The second kappa shape index (κ2) is 7.12. The topological polar surface area (TPSA) is 87.2 Å². The van der Waals surface area contributed by atoms with E-state index < -0.39 is 5.54 Å². The number of anilines is 3. The van der Waals surface area contributed by atoms with Crippen LogP contribution in [0.1, 0.15) is 34.6 Å². The molecule has 0 fully saturated rings. The minimum Gasteiger partial charge on any atom is -0.355 e. The van der Waals surface area contributed by atoms with Crippen LogP contribution in [0.5, 0.6) is 0 Å². The van der Waals surface area contributed by atoms with Crippen LogP contribution in [0.2, 0.25) is 0 Å². The van der Waals surface area contributed by atoms with E-state index in [0.29, 0.717) is 15.7 Å². The summed E-state index contributed by atoms with van der Waals surface area (Å²) in [6.07, 6.45) is 0. The lowest BCUT2D eigenvalue weighted by molar-refractivity contribution is -0.125. The maximum absolute atomic E-state index is 13.0. The number of benzene rings is 1. The molecule has 0 bridgehead atoms. The number of nitrogens with one attached hydrogen (secondary N) is 2. The third-order valence-corrected chi connectivity index (χ3v) is 5.92. The third-order valence-electron chi connectivity index (χ3n) is 3.96. The largest absolute Gasteiger partial charge is 0.355 e. The third kappa shape index (κ3) is 4.24. The van der Waals surface area contributed by atoms with Crippen LogP contribution in [0.15, 0.2) is 28.6 Å². The quantitative estimate of drug-likeness (QED) is 0.756. The second-order valence-corrected chi connectivity index (χ2v) is 10.00. The molecule has 2 N–H and O–H groups in total. The van der Waals surface area contributed by atoms with Gasteiger partial charge in [0.15, 0.2) is 4.34 Å². The fraction of sp³-hybridized carbons (Fsp3) is 0.444. The van der Waals surface area contributed by atoms with Crippen LogP contribution in [-0.2, 0) is 9.59 Å². The van der Waals surface area contributed by atoms with Crippen molar-refractivity contribution >= 4 is 51.4 Å². The molecule has 9 heteroatoms. The van der Waals surface area contributed by atoms with E-state index in [1.54, 1.807) is 24.8 Å². The number of nitrogens with zero attached hydrogens (tertiary/aromatic N) is 3. The lowest BCUT2D eigenvalue weighted by atomic mass is 9.96. The van der Waals surface area contributed by atoms with Crippen molar-refractivity contribution < 1.29 is 9.59 Å². The first-order valence-electron chi connectivity index (χ1n) is 8.56. The number of amides is 2. The molecule has 2 aromatic rings. The van der Waals surface area contributed by atoms with Crippen molar-refractivity contribution in [1.29, 1.82) is 0 Å². The number of carbonyl (C=O) groups is 2. The number of para-hydroxylation sites is 2. The van der Waals surface area contributed by atoms with Gasteiger partial charge >= 0.3 is 0 Å². The monoisotopic (exact) mass is 405 g/mol. The molecule has 0 atom stereocenters. The zero-order valence-corrected chi connectivity index (χ0v) is 17.6. The molecule has 3 rings (SSSR count). The van der Waals surface area contributed by atoms with Gasteiger partial charge in [0.25, 0.3) is 0 Å². The molecule has 2 amide bonds. The van der Waals surface area contributed by atoms with Gasteiger partial charge < -0.3 is 10.6 Å². The van der Waals surface area contributed by atoms with E-state index in [1.807, 2.05) is 39.0 Å². The minimum absolute atomic E-state index is 0.105. The standard InChI is InChI=1S/C18H23N5O2S2/c1-17(2,3)20-15-21-22-16(27-15)26-10-13(24)23-12-9-7-6-8-11(12)19-14(25)18(23,4)5/h6-9H,10H2,1-5H3,(H,19,25)(H,20,21). The van der Waals surface area contributed by atoms with Crippen LogP contribution in [0.4, 0.5) is 16.5 Å². The summed E-state index contributed by atoms with van der Waals surface area (Å²) in [5.41, 5.74) is 0.283. The van der Waals surface area contributed by atoms with Gasteiger partial charge in [0.1, 0.15) is 5.54 Å². The first kappa shape index (κ1) is 19.6. The second-order valence-electron chi connectivity index (χ2n) is 7.80. The molecular weight excluding hydrogens is 382 g/mol. The first-order chi connectivity index (χ1) is 12.6. The van der Waals surface area contributed by atoms with Crippen LogP contribution < -0.4 is 15.5 Å². The SMILES string of the molecule is CC(C)(C)Nc1nnc(SCC(=O)N2c3ccccc3NC(=O)C2(C)C)s1. The van der Waals surface area contributed by atoms with E-state index in [4.69, 9.17) is 0 Å². The van der Waals surface area contributed by atoms with Crippen molar-refractivity contribution in [2.75, 3.05) is 21.3 Å². The molecule has 0 unspecified atom stereocenters. The molecule has 7 nitrogen and oxygen atoms in total. The van der Waals surface area contributed by atoms with Gasteiger partial charge in [0.05, 0.1) is 17.1 Å². The average molecular weight is 406 g/mol. The number of fused-ring (bicyclic) bond motifs is 1. The van der Waals surface area contributed by atoms with E-state index in [1.165, 1.54) is 23.1 Å². The predicted octanol–water partition coefficient (Wildman–Crippen LogP) is 3.60. The molecule has 0 radical (unpaired) electrons. The zero-order chi connectivity index (χ0) is 19.8. The first-order valence-corrected chi connectivity index (χ1v) is 10.4. The van der Waals surface area contributed by atoms with Crippen LogP contribution in [-0.4, -0.2) is 38.8 Å². The summed E-state index contributed by atoms with van der Waals surface area (Å²) < 4.78 is 0.711. The molecule has 1 aliphatic rings. The van der Waals surface area contributed by atoms with Crippen molar-refractivity contribution in [3.63, 3.8) is 0 Å². The molecule has 1 aromatic carbocycles. The van der Waals surface area contributed by atoms with E-state index in [-0.39, 0.29) is 23.1 Å². The van der Waals surface area contributed by atoms with Gasteiger partial charge in [-0.1, -0.05) is 35.2 Å². The minimum atomic E-state index is -0.966. The molecule has 0 spiro atoms. The van der Waals surface area contributed by atoms with Gasteiger partial charge in [-0.3, -0.25) is 14.5 Å². The predicted molar refractivity (Wildman–Crippen MR) is 111 cm³/mol. The highest BCUT2D eigenvalue weighted by Crippen LogP contribution is 2.37. The normalized spacial score (nSPS) is 15.9. The van der Waals surface area contributed by atoms with E-state index in [2.05, 4.69) is 20.8 Å². The lowest BCUT2D eigenvalue weighted by Gasteiger charge is -2.42. The Morgan fingerprint density at radius 3 is 2.70 bits per heavy atom. The summed E-state index contributed by atoms with van der Waals surface area (Å²) in [5.74, 6) is -0.171. The van der Waals surface area contributed by atoms with Crippen molar-refractivity contribution in [1.82, 2.24) is 10.2 Å². The number of hydrogen-bond donors (Lipinski definition) is 2. The van der Waals surface area contributed by atoms with Gasteiger partial charge in [-0.05, 0) is 46.8 Å². The number of aromatic nitrogens is 2. The van der Waals surface area contributed by atoms with Gasteiger partial charge in [0, 0.05) is 5.54 Å². The van der Waals surface area contributed by atoms with Crippen LogP contribution in [0, 0.1) is 0 Å². The number of carbonyl (C=O) groups excluding carboxylic acids is 2. The number of hydrogen-bond acceptors (Lipinski definition) is 7. The van der Waals surface area contributed by atoms with Crippen molar-refractivity contribution in [2.24, 2.45) is 0 Å². The maximum Gasteiger partial charge on any atom is 0.250 e. The Balaban J connectivity index is 1.75. The molecule has 0 aliphatic carbocycles. The molecule has 1 aromatic heterocycles. The summed E-state index contributed by atoms with van der Waals surface area (Å²) in [5, 5.41) is 15.1.